The van der Waals surface area contributed by atoms with Gasteiger partial charge in [0, 0.05) is 20.8 Å². The zero-order chi connectivity index (χ0) is 35.8. The molecule has 0 N–H and O–H groups in total. The number of fused-ring (bicyclic) bond motifs is 5. The van der Waals surface area contributed by atoms with E-state index < -0.39 is 20.6 Å². The molecule has 3 aliphatic rings. The summed E-state index contributed by atoms with van der Waals surface area (Å²) in [6.07, 6.45) is 22.2. The van der Waals surface area contributed by atoms with Crippen molar-refractivity contribution in [2.45, 2.75) is 134 Å². The number of carbonyl (C=O) groups is 1. The number of carbonyl (C=O) groups excluding carboxylic acids is 1. The fourth-order valence-corrected chi connectivity index (χ4v) is 11.6. The van der Waals surface area contributed by atoms with Crippen LogP contribution in [0.5, 0.6) is 5.75 Å². The topological polar surface area (TPSA) is 35.5 Å². The molecule has 2 saturated carbocycles. The molecule has 6 atom stereocenters. The minimum absolute atomic E-state index is 0.127. The van der Waals surface area contributed by atoms with Crippen LogP contribution in [-0.4, -0.2) is 51.5 Å². The Kier molecular flexibility index (Phi) is 12.1. The van der Waals surface area contributed by atoms with Crippen molar-refractivity contribution in [1.29, 1.82) is 0 Å². The van der Waals surface area contributed by atoms with E-state index in [1.54, 1.807) is 11.1 Å². The van der Waals surface area contributed by atoms with Gasteiger partial charge in [-0.25, -0.2) is 0 Å². The Morgan fingerprint density at radius 3 is 2.20 bits per heavy atom. The van der Waals surface area contributed by atoms with Crippen LogP contribution in [0.3, 0.4) is 0 Å². The Morgan fingerprint density at radius 2 is 1.53 bits per heavy atom. The van der Waals surface area contributed by atoms with Crippen molar-refractivity contribution in [3.8, 4) is 5.75 Å². The van der Waals surface area contributed by atoms with E-state index >= 15 is 0 Å². The van der Waals surface area contributed by atoms with Gasteiger partial charge in [-0.15, -0.1) is 10.3 Å². The molecule has 3 aliphatic carbocycles. The Balaban J connectivity index is 1.30. The first-order valence-corrected chi connectivity index (χ1v) is 24.8. The molecule has 0 amide bonds. The van der Waals surface area contributed by atoms with Gasteiger partial charge in [0.1, 0.15) is 5.75 Å². The third-order valence-electron chi connectivity index (χ3n) is 13.1. The van der Waals surface area contributed by atoms with Gasteiger partial charge in [-0.05, 0) is 143 Å². The van der Waals surface area contributed by atoms with E-state index in [2.05, 4.69) is 91.7 Å². The molecule has 2 aromatic carbocycles. The zero-order valence-electron chi connectivity index (χ0n) is 32.7. The van der Waals surface area contributed by atoms with E-state index in [4.69, 9.17) is 8.37 Å². The number of thioether (sulfide) groups is 1. The molecule has 5 rings (SSSR count). The fraction of sp³-hybridized carbons (Fsp3) is 0.698. The van der Waals surface area contributed by atoms with Gasteiger partial charge in [0.25, 0.3) is 0 Å². The van der Waals surface area contributed by atoms with E-state index in [9.17, 15) is 4.79 Å². The Bertz CT molecular complexity index is 1420. The fourth-order valence-electron chi connectivity index (χ4n) is 8.70. The zero-order valence-corrected chi connectivity index (χ0v) is 35.2. The molecule has 49 heavy (non-hydrogen) atoms. The molecule has 0 heterocycles. The van der Waals surface area contributed by atoms with Crippen LogP contribution in [0.4, 0.5) is 0 Å². The summed E-state index contributed by atoms with van der Waals surface area (Å²) in [5, 5.41) is 0.204. The van der Waals surface area contributed by atoms with Crippen molar-refractivity contribution in [3.05, 3.63) is 65.2 Å². The summed E-state index contributed by atoms with van der Waals surface area (Å²) < 4.78 is 14.3. The van der Waals surface area contributed by atoms with E-state index in [0.29, 0.717) is 17.9 Å². The lowest BCUT2D eigenvalue weighted by molar-refractivity contribution is -0.0262. The normalized spacial score (nSPS) is 27.9. The highest BCUT2D eigenvalue weighted by Gasteiger charge is 2.58. The van der Waals surface area contributed by atoms with Crippen LogP contribution in [-0.2, 0) is 10.6 Å². The Hall–Kier alpha value is -1.08. The monoisotopic (exact) mass is 728 g/mol. The van der Waals surface area contributed by atoms with Crippen LogP contribution in [0.2, 0.25) is 0 Å². The molecular formula is C43H68O3S3. The molecular weight excluding hydrogens is 661 g/mol. The standard InChI is InChI=1S/C43H68O3S3/c1-41(2,3)48(8,9)45-34-22-23-35-33(30-34)29-32(21-15-12-13-18-28-47-40(44)31-19-16-14-17-20-31)39-36(35)26-27-43(7)37(39)24-25-38(43)46-49(10,11)42(4,5)6/h14,16-17,19-20,22-23,30,32,36-39H,12-13,15,18,21,24-29H2,1-11H3/t32-,36?,37?,38+,39?,43+/m1/s1. The van der Waals surface area contributed by atoms with E-state index in [-0.39, 0.29) is 20.0 Å². The summed E-state index contributed by atoms with van der Waals surface area (Å²) in [6.45, 7) is 16.6. The molecule has 3 unspecified atom stereocenters. The van der Waals surface area contributed by atoms with Crippen LogP contribution in [0, 0.1) is 23.2 Å². The predicted molar refractivity (Wildman–Crippen MR) is 220 cm³/mol. The summed E-state index contributed by atoms with van der Waals surface area (Å²) >= 11 is 1.49. The molecule has 3 nitrogen and oxygen atoms in total. The Labute approximate surface area is 308 Å². The smallest absolute Gasteiger partial charge is 0.219 e. The summed E-state index contributed by atoms with van der Waals surface area (Å²) in [6, 6.07) is 16.9. The highest BCUT2D eigenvalue weighted by Crippen LogP contribution is 2.67. The van der Waals surface area contributed by atoms with Crippen molar-refractivity contribution in [2.24, 2.45) is 23.2 Å². The molecule has 0 bridgehead atoms. The molecule has 0 radical (unpaired) electrons. The van der Waals surface area contributed by atoms with Crippen LogP contribution in [0.25, 0.3) is 0 Å². The number of hydrogen-bond acceptors (Lipinski definition) is 4. The lowest BCUT2D eigenvalue weighted by Crippen LogP contribution is -2.48. The van der Waals surface area contributed by atoms with E-state index in [1.165, 1.54) is 69.5 Å². The quantitative estimate of drug-likeness (QED) is 0.204. The predicted octanol–water partition coefficient (Wildman–Crippen LogP) is 12.6. The Morgan fingerprint density at radius 1 is 0.857 bits per heavy atom. The summed E-state index contributed by atoms with van der Waals surface area (Å²) in [5.74, 6) is 4.79. The van der Waals surface area contributed by atoms with Gasteiger partial charge < -0.3 is 8.37 Å². The highest BCUT2D eigenvalue weighted by atomic mass is 32.3. The minimum atomic E-state index is -1.25. The first kappa shape index (κ1) is 39.1. The third kappa shape index (κ3) is 8.60. The molecule has 0 aromatic heterocycles. The molecule has 6 heteroatoms. The summed E-state index contributed by atoms with van der Waals surface area (Å²) in [7, 11) is -2.42. The molecule has 2 aromatic rings. The second-order valence-electron chi connectivity index (χ2n) is 18.3. The average molecular weight is 729 g/mol. The SMILES string of the molecule is CC(C)(C)S(C)(C)Oc1ccc2c(c1)C[C@@H](CCCCCCSC(=O)c1ccccc1)C1C2CC[C@@]2(C)C1CC[C@@H]2OS(C)(C)C(C)(C)C. The van der Waals surface area contributed by atoms with Crippen molar-refractivity contribution in [2.75, 3.05) is 30.8 Å². The second-order valence-corrected chi connectivity index (χ2v) is 27.1. The van der Waals surface area contributed by atoms with Crippen LogP contribution < -0.4 is 4.18 Å². The maximum atomic E-state index is 12.5. The average Bonchev–Trinajstić information content (AvgIpc) is 3.34. The van der Waals surface area contributed by atoms with Crippen LogP contribution in [0.15, 0.2) is 48.5 Å². The highest BCUT2D eigenvalue weighted by molar-refractivity contribution is 8.30. The van der Waals surface area contributed by atoms with Crippen molar-refractivity contribution < 1.29 is 13.2 Å². The number of hydrogen-bond donors (Lipinski definition) is 0. The maximum Gasteiger partial charge on any atom is 0.219 e. The molecule has 2 fully saturated rings. The van der Waals surface area contributed by atoms with Gasteiger partial charge in [0.05, 0.1) is 6.10 Å². The largest absolute Gasteiger partial charge is 0.449 e. The lowest BCUT2D eigenvalue weighted by atomic mass is 9.52. The number of rotatable bonds is 12. The lowest BCUT2D eigenvalue weighted by Gasteiger charge is -2.55. The molecule has 0 aliphatic heterocycles. The van der Waals surface area contributed by atoms with E-state index in [1.807, 2.05) is 30.3 Å². The summed E-state index contributed by atoms with van der Waals surface area (Å²) in [5.41, 5.74) is 4.25. The van der Waals surface area contributed by atoms with Crippen molar-refractivity contribution in [1.82, 2.24) is 0 Å². The van der Waals surface area contributed by atoms with Gasteiger partial charge in [-0.1, -0.05) is 105 Å². The summed E-state index contributed by atoms with van der Waals surface area (Å²) in [4.78, 5) is 12.5. The molecule has 0 saturated heterocycles. The van der Waals surface area contributed by atoms with Gasteiger partial charge in [0.2, 0.25) is 5.12 Å². The van der Waals surface area contributed by atoms with Crippen LogP contribution >= 0.6 is 32.4 Å². The van der Waals surface area contributed by atoms with Crippen LogP contribution in [0.1, 0.15) is 134 Å². The van der Waals surface area contributed by atoms with Gasteiger partial charge in [-0.2, -0.15) is 0 Å². The third-order valence-corrected chi connectivity index (χ3v) is 21.3. The van der Waals surface area contributed by atoms with Crippen molar-refractivity contribution >= 4 is 37.5 Å². The first-order chi connectivity index (χ1) is 22.8. The first-order valence-electron chi connectivity index (χ1n) is 19.0. The molecule has 276 valence electrons. The van der Waals surface area contributed by atoms with Crippen molar-refractivity contribution in [3.63, 3.8) is 0 Å². The second kappa shape index (κ2) is 15.1. The number of benzene rings is 2. The van der Waals surface area contributed by atoms with E-state index in [0.717, 1.165) is 35.3 Å². The minimum Gasteiger partial charge on any atom is -0.449 e. The van der Waals surface area contributed by atoms with Gasteiger partial charge in [0.15, 0.2) is 0 Å². The number of unbranched alkanes of at least 4 members (excludes halogenated alkanes) is 3. The molecule has 0 spiro atoms. The van der Waals surface area contributed by atoms with Gasteiger partial charge >= 0.3 is 0 Å². The maximum absolute atomic E-state index is 12.5. The van der Waals surface area contributed by atoms with Gasteiger partial charge in [-0.3, -0.25) is 4.79 Å².